The van der Waals surface area contributed by atoms with Crippen molar-refractivity contribution in [1.29, 1.82) is 0 Å². The Morgan fingerprint density at radius 2 is 1.48 bits per heavy atom. The van der Waals surface area contributed by atoms with E-state index < -0.39 is 0 Å². The highest BCUT2D eigenvalue weighted by molar-refractivity contribution is 5.92. The number of hydrogen-bond acceptors (Lipinski definition) is 1. The third-order valence-corrected chi connectivity index (χ3v) is 3.75. The van der Waals surface area contributed by atoms with Gasteiger partial charge in [0.25, 0.3) is 0 Å². The maximum Gasteiger partial charge on any atom is 0.227 e. The Labute approximate surface area is 127 Å². The molecule has 2 rings (SSSR count). The van der Waals surface area contributed by atoms with Gasteiger partial charge in [0.1, 0.15) is 0 Å². The second kappa shape index (κ2) is 7.07. The lowest BCUT2D eigenvalue weighted by molar-refractivity contribution is -0.119. The summed E-state index contributed by atoms with van der Waals surface area (Å²) in [7, 11) is 0. The zero-order valence-electron chi connectivity index (χ0n) is 13.0. The van der Waals surface area contributed by atoms with Gasteiger partial charge < -0.3 is 5.32 Å². The van der Waals surface area contributed by atoms with E-state index in [1.807, 2.05) is 38.1 Å². The molecule has 21 heavy (non-hydrogen) atoms. The molecule has 0 aliphatic carbocycles. The maximum absolute atomic E-state index is 12.2. The smallest absolute Gasteiger partial charge is 0.227 e. The van der Waals surface area contributed by atoms with E-state index in [0.717, 1.165) is 18.5 Å². The quantitative estimate of drug-likeness (QED) is 0.858. The summed E-state index contributed by atoms with van der Waals surface area (Å²) in [6, 6.07) is 16.4. The van der Waals surface area contributed by atoms with Crippen LogP contribution in [-0.2, 0) is 11.2 Å². The molecule has 1 atom stereocenters. The summed E-state index contributed by atoms with van der Waals surface area (Å²) in [5.41, 5.74) is 4.62. The molecule has 1 amide bonds. The lowest BCUT2D eigenvalue weighted by Gasteiger charge is -2.12. The summed E-state index contributed by atoms with van der Waals surface area (Å²) < 4.78 is 0. The van der Waals surface area contributed by atoms with Gasteiger partial charge in [-0.25, -0.2) is 0 Å². The number of carbonyl (C=O) groups is 1. The predicted octanol–water partition coefficient (Wildman–Crippen LogP) is 4.51. The van der Waals surface area contributed by atoms with E-state index >= 15 is 0 Å². The van der Waals surface area contributed by atoms with Crippen LogP contribution in [0.5, 0.6) is 0 Å². The van der Waals surface area contributed by atoms with Crippen LogP contribution in [0.1, 0.15) is 30.0 Å². The number of carbonyl (C=O) groups excluding carboxylic acids is 1. The molecule has 0 spiro atoms. The zero-order valence-corrected chi connectivity index (χ0v) is 13.0. The summed E-state index contributed by atoms with van der Waals surface area (Å²) in [4.78, 5) is 12.2. The fourth-order valence-corrected chi connectivity index (χ4v) is 2.17. The van der Waals surface area contributed by atoms with Gasteiger partial charge in [-0.05, 0) is 44.4 Å². The van der Waals surface area contributed by atoms with E-state index in [1.54, 1.807) is 0 Å². The molecule has 2 aromatic carbocycles. The van der Waals surface area contributed by atoms with Gasteiger partial charge in [-0.3, -0.25) is 4.79 Å². The summed E-state index contributed by atoms with van der Waals surface area (Å²) in [5, 5.41) is 2.98. The van der Waals surface area contributed by atoms with Crippen molar-refractivity contribution in [2.45, 2.75) is 33.6 Å². The Hall–Kier alpha value is -2.09. The first-order valence-corrected chi connectivity index (χ1v) is 7.47. The van der Waals surface area contributed by atoms with Crippen molar-refractivity contribution in [3.63, 3.8) is 0 Å². The van der Waals surface area contributed by atoms with Crippen LogP contribution in [0.25, 0.3) is 0 Å². The molecule has 0 radical (unpaired) electrons. The first-order chi connectivity index (χ1) is 10.0. The van der Waals surface area contributed by atoms with Gasteiger partial charge in [0.2, 0.25) is 5.91 Å². The SMILES string of the molecule is Cc1ccc(CCC(C)C(=O)Nc2ccc(C)cc2)cc1. The van der Waals surface area contributed by atoms with Crippen molar-refractivity contribution >= 4 is 11.6 Å². The molecule has 0 fully saturated rings. The Morgan fingerprint density at radius 3 is 2.05 bits per heavy atom. The molecular formula is C19H23NO. The van der Waals surface area contributed by atoms with Crippen LogP contribution in [0.4, 0.5) is 5.69 Å². The molecule has 0 aliphatic heterocycles. The molecule has 1 unspecified atom stereocenters. The molecule has 0 aliphatic rings. The van der Waals surface area contributed by atoms with Crippen molar-refractivity contribution < 1.29 is 4.79 Å². The molecule has 0 saturated carbocycles. The third-order valence-electron chi connectivity index (χ3n) is 3.75. The number of nitrogens with one attached hydrogen (secondary N) is 1. The standard InChI is InChI=1S/C19H23NO/c1-14-4-9-17(10-5-14)11-8-16(3)19(21)20-18-12-6-15(2)7-13-18/h4-7,9-10,12-13,16H,8,11H2,1-3H3,(H,20,21). The van der Waals surface area contributed by atoms with Gasteiger partial charge >= 0.3 is 0 Å². The molecule has 1 N–H and O–H groups in total. The molecule has 0 bridgehead atoms. The minimum Gasteiger partial charge on any atom is -0.326 e. The minimum atomic E-state index is 0.00704. The number of benzene rings is 2. The second-order valence-electron chi connectivity index (χ2n) is 5.78. The number of rotatable bonds is 5. The van der Waals surface area contributed by atoms with Crippen LogP contribution in [0.15, 0.2) is 48.5 Å². The molecule has 0 aromatic heterocycles. The second-order valence-corrected chi connectivity index (χ2v) is 5.78. The maximum atomic E-state index is 12.2. The van der Waals surface area contributed by atoms with Crippen LogP contribution < -0.4 is 5.32 Å². The van der Waals surface area contributed by atoms with Crippen LogP contribution >= 0.6 is 0 Å². The van der Waals surface area contributed by atoms with Crippen molar-refractivity contribution in [3.05, 3.63) is 65.2 Å². The topological polar surface area (TPSA) is 29.1 Å². The minimum absolute atomic E-state index is 0.00704. The zero-order chi connectivity index (χ0) is 15.2. The first kappa shape index (κ1) is 15.3. The number of anilines is 1. The van der Waals surface area contributed by atoms with Crippen molar-refractivity contribution in [2.75, 3.05) is 5.32 Å². The Balaban J connectivity index is 1.84. The monoisotopic (exact) mass is 281 g/mol. The van der Waals surface area contributed by atoms with Gasteiger partial charge in [-0.2, -0.15) is 0 Å². The average molecular weight is 281 g/mol. The fraction of sp³-hybridized carbons (Fsp3) is 0.316. The highest BCUT2D eigenvalue weighted by Gasteiger charge is 2.12. The van der Waals surface area contributed by atoms with Crippen LogP contribution in [-0.4, -0.2) is 5.91 Å². The van der Waals surface area contributed by atoms with Gasteiger partial charge in [-0.1, -0.05) is 54.4 Å². The Bertz CT molecular complexity index is 584. The van der Waals surface area contributed by atoms with Crippen molar-refractivity contribution in [3.8, 4) is 0 Å². The lowest BCUT2D eigenvalue weighted by atomic mass is 9.99. The largest absolute Gasteiger partial charge is 0.326 e. The van der Waals surface area contributed by atoms with E-state index in [4.69, 9.17) is 0 Å². The molecule has 2 nitrogen and oxygen atoms in total. The summed E-state index contributed by atoms with van der Waals surface area (Å²) >= 11 is 0. The van der Waals surface area contributed by atoms with Crippen LogP contribution in [0, 0.1) is 19.8 Å². The highest BCUT2D eigenvalue weighted by atomic mass is 16.1. The lowest BCUT2D eigenvalue weighted by Crippen LogP contribution is -2.20. The summed E-state index contributed by atoms with van der Waals surface area (Å²) in [5.74, 6) is 0.0959. The van der Waals surface area contributed by atoms with Crippen LogP contribution in [0.3, 0.4) is 0 Å². The molecular weight excluding hydrogens is 258 g/mol. The van der Waals surface area contributed by atoms with E-state index in [9.17, 15) is 4.79 Å². The summed E-state index contributed by atoms with van der Waals surface area (Å²) in [6.07, 6.45) is 1.80. The Kier molecular flexibility index (Phi) is 5.15. The van der Waals surface area contributed by atoms with Crippen molar-refractivity contribution in [1.82, 2.24) is 0 Å². The van der Waals surface area contributed by atoms with E-state index in [0.29, 0.717) is 0 Å². The number of aryl methyl sites for hydroxylation is 3. The normalized spacial score (nSPS) is 12.0. The number of hydrogen-bond donors (Lipinski definition) is 1. The van der Waals surface area contributed by atoms with E-state index in [1.165, 1.54) is 16.7 Å². The molecule has 110 valence electrons. The van der Waals surface area contributed by atoms with Gasteiger partial charge in [-0.15, -0.1) is 0 Å². The predicted molar refractivity (Wildman–Crippen MR) is 88.5 cm³/mol. The Morgan fingerprint density at radius 1 is 0.952 bits per heavy atom. The summed E-state index contributed by atoms with van der Waals surface area (Å²) in [6.45, 7) is 6.11. The molecule has 0 saturated heterocycles. The van der Waals surface area contributed by atoms with Crippen LogP contribution in [0.2, 0.25) is 0 Å². The fourth-order valence-electron chi connectivity index (χ4n) is 2.17. The van der Waals surface area contributed by atoms with E-state index in [2.05, 4.69) is 36.5 Å². The molecule has 0 heterocycles. The molecule has 2 aromatic rings. The average Bonchev–Trinajstić information content (AvgIpc) is 2.48. The number of amides is 1. The third kappa shape index (κ3) is 4.75. The van der Waals surface area contributed by atoms with E-state index in [-0.39, 0.29) is 11.8 Å². The van der Waals surface area contributed by atoms with Gasteiger partial charge in [0.05, 0.1) is 0 Å². The first-order valence-electron chi connectivity index (χ1n) is 7.47. The highest BCUT2D eigenvalue weighted by Crippen LogP contribution is 2.14. The van der Waals surface area contributed by atoms with Gasteiger partial charge in [0.15, 0.2) is 0 Å². The van der Waals surface area contributed by atoms with Gasteiger partial charge in [0, 0.05) is 11.6 Å². The van der Waals surface area contributed by atoms with Crippen molar-refractivity contribution in [2.24, 2.45) is 5.92 Å². The molecule has 2 heteroatoms.